The van der Waals surface area contributed by atoms with E-state index in [1.807, 2.05) is 18.2 Å². The van der Waals surface area contributed by atoms with Gasteiger partial charge in [-0.15, -0.1) is 0 Å². The molecule has 1 aliphatic rings. The van der Waals surface area contributed by atoms with Crippen molar-refractivity contribution in [2.24, 2.45) is 5.73 Å². The molecule has 1 aromatic carbocycles. The highest BCUT2D eigenvalue weighted by Gasteiger charge is 2.33. The fourth-order valence-electron chi connectivity index (χ4n) is 3.38. The molecule has 1 aliphatic carbocycles. The van der Waals surface area contributed by atoms with Crippen LogP contribution in [0.4, 0.5) is 0 Å². The standard InChI is InChI=1S/C17H25N3O/c1-2-11-20-15-6-4-3-5-14(15)19-16(20)12-17(21)9-7-13(18)8-10-17/h3-6,13,21H,2,7-12,18H2,1H3. The summed E-state index contributed by atoms with van der Waals surface area (Å²) in [6.45, 7) is 3.12. The first-order valence-corrected chi connectivity index (χ1v) is 8.03. The molecular weight excluding hydrogens is 262 g/mol. The topological polar surface area (TPSA) is 64.1 Å². The monoisotopic (exact) mass is 287 g/mol. The quantitative estimate of drug-likeness (QED) is 0.908. The molecule has 0 amide bonds. The van der Waals surface area contributed by atoms with E-state index in [2.05, 4.69) is 17.6 Å². The van der Waals surface area contributed by atoms with Crippen molar-refractivity contribution < 1.29 is 5.11 Å². The fraction of sp³-hybridized carbons (Fsp3) is 0.588. The number of aromatic nitrogens is 2. The molecule has 2 aromatic rings. The molecule has 21 heavy (non-hydrogen) atoms. The van der Waals surface area contributed by atoms with Gasteiger partial charge in [-0.3, -0.25) is 0 Å². The van der Waals surface area contributed by atoms with Gasteiger partial charge in [-0.2, -0.15) is 0 Å². The highest BCUT2D eigenvalue weighted by atomic mass is 16.3. The molecule has 0 radical (unpaired) electrons. The van der Waals surface area contributed by atoms with Crippen LogP contribution in [0.3, 0.4) is 0 Å². The number of fused-ring (bicyclic) bond motifs is 1. The molecule has 0 saturated heterocycles. The normalized spacial score (nSPS) is 26.3. The van der Waals surface area contributed by atoms with Crippen molar-refractivity contribution in [2.75, 3.05) is 0 Å². The molecule has 3 N–H and O–H groups in total. The van der Waals surface area contributed by atoms with Crippen LogP contribution in [0.2, 0.25) is 0 Å². The maximum absolute atomic E-state index is 10.9. The first kappa shape index (κ1) is 14.5. The summed E-state index contributed by atoms with van der Waals surface area (Å²) < 4.78 is 2.27. The molecule has 0 bridgehead atoms. The molecule has 4 nitrogen and oxygen atoms in total. The van der Waals surface area contributed by atoms with E-state index < -0.39 is 5.60 Å². The number of hydrogen-bond acceptors (Lipinski definition) is 3. The lowest BCUT2D eigenvalue weighted by Gasteiger charge is -2.34. The minimum absolute atomic E-state index is 0.250. The van der Waals surface area contributed by atoms with E-state index in [1.54, 1.807) is 0 Å². The smallest absolute Gasteiger partial charge is 0.112 e. The highest BCUT2D eigenvalue weighted by molar-refractivity contribution is 5.75. The maximum atomic E-state index is 10.9. The van der Waals surface area contributed by atoms with Gasteiger partial charge in [0.05, 0.1) is 16.6 Å². The molecular formula is C17H25N3O. The summed E-state index contributed by atoms with van der Waals surface area (Å²) in [5, 5.41) is 10.9. The SMILES string of the molecule is CCCn1c(CC2(O)CCC(N)CC2)nc2ccccc21. The molecule has 0 unspecified atom stereocenters. The second-order valence-corrected chi connectivity index (χ2v) is 6.41. The Balaban J connectivity index is 1.91. The van der Waals surface area contributed by atoms with E-state index in [0.29, 0.717) is 6.42 Å². The highest BCUT2D eigenvalue weighted by Crippen LogP contribution is 2.31. The van der Waals surface area contributed by atoms with Crippen molar-refractivity contribution in [3.63, 3.8) is 0 Å². The molecule has 3 rings (SSSR count). The van der Waals surface area contributed by atoms with Gasteiger partial charge in [-0.05, 0) is 44.2 Å². The minimum atomic E-state index is -0.636. The molecule has 4 heteroatoms. The van der Waals surface area contributed by atoms with Crippen molar-refractivity contribution in [3.05, 3.63) is 30.1 Å². The molecule has 0 spiro atoms. The largest absolute Gasteiger partial charge is 0.389 e. The second-order valence-electron chi connectivity index (χ2n) is 6.41. The summed E-state index contributed by atoms with van der Waals surface area (Å²) in [7, 11) is 0. The van der Waals surface area contributed by atoms with Gasteiger partial charge in [0, 0.05) is 19.0 Å². The zero-order valence-electron chi connectivity index (χ0n) is 12.8. The van der Waals surface area contributed by atoms with Gasteiger partial charge in [0.2, 0.25) is 0 Å². The Labute approximate surface area is 126 Å². The lowest BCUT2D eigenvalue weighted by molar-refractivity contribution is -0.00203. The van der Waals surface area contributed by atoms with E-state index in [9.17, 15) is 5.11 Å². The third kappa shape index (κ3) is 2.97. The van der Waals surface area contributed by atoms with Crippen LogP contribution in [0.1, 0.15) is 44.9 Å². The molecule has 0 aliphatic heterocycles. The van der Waals surface area contributed by atoms with Gasteiger partial charge < -0.3 is 15.4 Å². The van der Waals surface area contributed by atoms with Crippen LogP contribution in [-0.4, -0.2) is 26.3 Å². The average Bonchev–Trinajstić information content (AvgIpc) is 2.81. The van der Waals surface area contributed by atoms with Crippen LogP contribution in [0.5, 0.6) is 0 Å². The molecule has 114 valence electrons. The predicted molar refractivity (Wildman–Crippen MR) is 85.1 cm³/mol. The minimum Gasteiger partial charge on any atom is -0.389 e. The number of hydrogen-bond donors (Lipinski definition) is 2. The summed E-state index contributed by atoms with van der Waals surface area (Å²) >= 11 is 0. The molecule has 1 heterocycles. The Morgan fingerprint density at radius 2 is 2.05 bits per heavy atom. The number of benzene rings is 1. The molecule has 1 fully saturated rings. The van der Waals surface area contributed by atoms with Gasteiger partial charge >= 0.3 is 0 Å². The van der Waals surface area contributed by atoms with Crippen LogP contribution in [0, 0.1) is 0 Å². The number of nitrogens with zero attached hydrogens (tertiary/aromatic N) is 2. The Morgan fingerprint density at radius 3 is 2.76 bits per heavy atom. The zero-order valence-corrected chi connectivity index (χ0v) is 12.8. The lowest BCUT2D eigenvalue weighted by Crippen LogP contribution is -2.41. The van der Waals surface area contributed by atoms with E-state index >= 15 is 0 Å². The Morgan fingerprint density at radius 1 is 1.33 bits per heavy atom. The lowest BCUT2D eigenvalue weighted by atomic mass is 9.80. The third-order valence-corrected chi connectivity index (χ3v) is 4.63. The molecule has 0 atom stereocenters. The summed E-state index contributed by atoms with van der Waals surface area (Å²) in [6, 6.07) is 8.48. The van der Waals surface area contributed by atoms with Gasteiger partial charge in [0.25, 0.3) is 0 Å². The Hall–Kier alpha value is -1.39. The van der Waals surface area contributed by atoms with Crippen molar-refractivity contribution in [3.8, 4) is 0 Å². The average molecular weight is 287 g/mol. The summed E-state index contributed by atoms with van der Waals surface area (Å²) in [6.07, 6.45) is 5.08. The number of nitrogens with two attached hydrogens (primary N) is 1. The third-order valence-electron chi connectivity index (χ3n) is 4.63. The predicted octanol–water partition coefficient (Wildman–Crippen LogP) is 2.62. The van der Waals surface area contributed by atoms with Crippen molar-refractivity contribution in [1.29, 1.82) is 0 Å². The summed E-state index contributed by atoms with van der Waals surface area (Å²) in [4.78, 5) is 4.76. The van der Waals surface area contributed by atoms with Crippen LogP contribution in [0.15, 0.2) is 24.3 Å². The zero-order chi connectivity index (χ0) is 14.9. The molecule has 1 saturated carbocycles. The van der Waals surface area contributed by atoms with Gasteiger partial charge in [-0.1, -0.05) is 19.1 Å². The number of imidazole rings is 1. The van der Waals surface area contributed by atoms with Crippen LogP contribution < -0.4 is 5.73 Å². The first-order chi connectivity index (χ1) is 10.1. The maximum Gasteiger partial charge on any atom is 0.112 e. The van der Waals surface area contributed by atoms with Crippen molar-refractivity contribution in [2.45, 2.75) is 63.6 Å². The number of aryl methyl sites for hydroxylation is 1. The summed E-state index contributed by atoms with van der Waals surface area (Å²) in [5.74, 6) is 1.01. The Kier molecular flexibility index (Phi) is 4.00. The van der Waals surface area contributed by atoms with Gasteiger partial charge in [0.1, 0.15) is 5.82 Å². The van der Waals surface area contributed by atoms with Crippen molar-refractivity contribution >= 4 is 11.0 Å². The van der Waals surface area contributed by atoms with E-state index in [-0.39, 0.29) is 6.04 Å². The molecule has 1 aromatic heterocycles. The number of rotatable bonds is 4. The number of aliphatic hydroxyl groups is 1. The van der Waals surface area contributed by atoms with Gasteiger partial charge in [-0.25, -0.2) is 4.98 Å². The van der Waals surface area contributed by atoms with E-state index in [1.165, 1.54) is 5.52 Å². The van der Waals surface area contributed by atoms with E-state index in [4.69, 9.17) is 10.7 Å². The first-order valence-electron chi connectivity index (χ1n) is 8.03. The van der Waals surface area contributed by atoms with Gasteiger partial charge in [0.15, 0.2) is 0 Å². The Bertz CT molecular complexity index is 612. The van der Waals surface area contributed by atoms with Crippen LogP contribution in [-0.2, 0) is 13.0 Å². The second kappa shape index (κ2) is 5.78. The number of para-hydroxylation sites is 2. The summed E-state index contributed by atoms with van der Waals surface area (Å²) in [5.41, 5.74) is 7.52. The van der Waals surface area contributed by atoms with E-state index in [0.717, 1.165) is 50.0 Å². The van der Waals surface area contributed by atoms with Crippen LogP contribution in [0.25, 0.3) is 11.0 Å². The van der Waals surface area contributed by atoms with Crippen LogP contribution >= 0.6 is 0 Å². The fourth-order valence-corrected chi connectivity index (χ4v) is 3.38. The van der Waals surface area contributed by atoms with Crippen molar-refractivity contribution in [1.82, 2.24) is 9.55 Å².